The number of aromatic nitrogens is 3. The Morgan fingerprint density at radius 2 is 2.14 bits per heavy atom. The predicted molar refractivity (Wildman–Crippen MR) is 88.2 cm³/mol. The van der Waals surface area contributed by atoms with Crippen LogP contribution in [0.25, 0.3) is 11.0 Å². The number of hydrogen-bond donors (Lipinski definition) is 1. The van der Waals surface area contributed by atoms with E-state index >= 15 is 0 Å². The van der Waals surface area contributed by atoms with Crippen LogP contribution in [0.2, 0.25) is 0 Å². The van der Waals surface area contributed by atoms with Gasteiger partial charge < -0.3 is 10.2 Å². The van der Waals surface area contributed by atoms with Gasteiger partial charge in [0.05, 0.1) is 17.1 Å². The highest BCUT2D eigenvalue weighted by molar-refractivity contribution is 6.05. The van der Waals surface area contributed by atoms with Crippen molar-refractivity contribution in [3.63, 3.8) is 0 Å². The van der Waals surface area contributed by atoms with Crippen molar-refractivity contribution in [3.05, 3.63) is 23.5 Å². The van der Waals surface area contributed by atoms with Gasteiger partial charge in [0, 0.05) is 18.3 Å². The molecule has 0 fully saturated rings. The monoisotopic (exact) mass is 303 g/mol. The molecule has 0 aliphatic rings. The highest BCUT2D eigenvalue weighted by atomic mass is 16.1. The molecular weight excluding hydrogens is 278 g/mol. The van der Waals surface area contributed by atoms with Gasteiger partial charge in [-0.1, -0.05) is 0 Å². The lowest BCUT2D eigenvalue weighted by Crippen LogP contribution is -2.27. The van der Waals surface area contributed by atoms with E-state index in [1.165, 1.54) is 0 Å². The Labute approximate surface area is 131 Å². The van der Waals surface area contributed by atoms with Crippen molar-refractivity contribution in [1.82, 2.24) is 25.0 Å². The van der Waals surface area contributed by atoms with Crippen molar-refractivity contribution in [1.29, 1.82) is 0 Å². The zero-order valence-corrected chi connectivity index (χ0v) is 14.1. The van der Waals surface area contributed by atoms with Gasteiger partial charge in [0.25, 0.3) is 5.91 Å². The van der Waals surface area contributed by atoms with Crippen LogP contribution in [0.3, 0.4) is 0 Å². The number of rotatable bonds is 6. The number of amides is 1. The number of hydrogen-bond acceptors (Lipinski definition) is 4. The summed E-state index contributed by atoms with van der Waals surface area (Å²) in [6.07, 6.45) is 2.66. The van der Waals surface area contributed by atoms with E-state index in [1.807, 2.05) is 31.8 Å². The smallest absolute Gasteiger partial charge is 0.252 e. The van der Waals surface area contributed by atoms with Crippen molar-refractivity contribution in [2.45, 2.75) is 33.2 Å². The van der Waals surface area contributed by atoms with Gasteiger partial charge in [0.15, 0.2) is 5.65 Å². The fraction of sp³-hybridized carbons (Fsp3) is 0.562. The Hall–Kier alpha value is -1.95. The Balaban J connectivity index is 2.21. The molecule has 0 spiro atoms. The normalized spacial score (nSPS) is 11.6. The summed E-state index contributed by atoms with van der Waals surface area (Å²) in [6, 6.07) is 2.04. The highest BCUT2D eigenvalue weighted by Gasteiger charge is 2.16. The third kappa shape index (κ3) is 3.62. The quantitative estimate of drug-likeness (QED) is 0.829. The van der Waals surface area contributed by atoms with Crippen molar-refractivity contribution in [2.24, 2.45) is 0 Å². The molecule has 0 aliphatic heterocycles. The van der Waals surface area contributed by atoms with Gasteiger partial charge in [-0.25, -0.2) is 9.67 Å². The van der Waals surface area contributed by atoms with Gasteiger partial charge in [0.1, 0.15) is 0 Å². The van der Waals surface area contributed by atoms with Crippen LogP contribution in [0.1, 0.15) is 42.4 Å². The van der Waals surface area contributed by atoms with Crippen LogP contribution < -0.4 is 5.32 Å². The van der Waals surface area contributed by atoms with E-state index < -0.39 is 0 Å². The fourth-order valence-corrected chi connectivity index (χ4v) is 2.40. The number of pyridine rings is 1. The first kappa shape index (κ1) is 16.4. The van der Waals surface area contributed by atoms with Gasteiger partial charge in [-0.15, -0.1) is 0 Å². The predicted octanol–water partition coefficient (Wildman–Crippen LogP) is 2.00. The van der Waals surface area contributed by atoms with Gasteiger partial charge in [-0.3, -0.25) is 4.79 Å². The zero-order valence-electron chi connectivity index (χ0n) is 14.1. The summed E-state index contributed by atoms with van der Waals surface area (Å²) in [7, 11) is 4.05. The van der Waals surface area contributed by atoms with Gasteiger partial charge in [-0.05, 0) is 53.9 Å². The topological polar surface area (TPSA) is 63.1 Å². The van der Waals surface area contributed by atoms with Crippen molar-refractivity contribution >= 4 is 16.9 Å². The molecule has 0 unspecified atom stereocenters. The number of aryl methyl sites for hydroxylation is 1. The molecule has 2 heterocycles. The van der Waals surface area contributed by atoms with Gasteiger partial charge >= 0.3 is 0 Å². The minimum atomic E-state index is -0.0578. The zero-order chi connectivity index (χ0) is 16.3. The molecule has 2 rings (SSSR count). The number of nitrogens with zero attached hydrogens (tertiary/aromatic N) is 4. The molecule has 0 aromatic carbocycles. The van der Waals surface area contributed by atoms with E-state index in [0.29, 0.717) is 12.1 Å². The molecule has 0 bridgehead atoms. The fourth-order valence-electron chi connectivity index (χ4n) is 2.40. The second-order valence-electron chi connectivity index (χ2n) is 6.14. The number of carbonyl (C=O) groups excluding carboxylic acids is 1. The highest BCUT2D eigenvalue weighted by Crippen LogP contribution is 2.20. The maximum absolute atomic E-state index is 12.4. The van der Waals surface area contributed by atoms with Crippen molar-refractivity contribution in [3.8, 4) is 0 Å². The summed E-state index contributed by atoms with van der Waals surface area (Å²) in [5.41, 5.74) is 2.25. The minimum absolute atomic E-state index is 0.0578. The molecule has 0 aliphatic carbocycles. The number of fused-ring (bicyclic) bond motifs is 1. The second-order valence-corrected chi connectivity index (χ2v) is 6.14. The Morgan fingerprint density at radius 1 is 1.41 bits per heavy atom. The molecule has 6 heteroatoms. The van der Waals surface area contributed by atoms with Crippen LogP contribution in [0.4, 0.5) is 0 Å². The molecule has 2 aromatic rings. The molecule has 120 valence electrons. The average molecular weight is 303 g/mol. The SMILES string of the molecule is Cc1cc(C(=O)NCCCN(C)C)c2cnn(C(C)C)c2n1. The van der Waals surface area contributed by atoms with E-state index in [4.69, 9.17) is 0 Å². The van der Waals surface area contributed by atoms with Crippen LogP contribution in [-0.2, 0) is 0 Å². The summed E-state index contributed by atoms with van der Waals surface area (Å²) < 4.78 is 1.85. The number of nitrogens with one attached hydrogen (secondary N) is 1. The van der Waals surface area contributed by atoms with E-state index in [0.717, 1.165) is 29.7 Å². The molecule has 6 nitrogen and oxygen atoms in total. The van der Waals surface area contributed by atoms with Crippen LogP contribution >= 0.6 is 0 Å². The molecule has 2 aromatic heterocycles. The van der Waals surface area contributed by atoms with E-state index in [-0.39, 0.29) is 11.9 Å². The molecule has 22 heavy (non-hydrogen) atoms. The maximum Gasteiger partial charge on any atom is 0.252 e. The van der Waals surface area contributed by atoms with Crippen LogP contribution in [-0.4, -0.2) is 52.8 Å². The lowest BCUT2D eigenvalue weighted by Gasteiger charge is -2.11. The first-order valence-corrected chi connectivity index (χ1v) is 7.68. The Kier molecular flexibility index (Phi) is 5.13. The lowest BCUT2D eigenvalue weighted by molar-refractivity contribution is 0.0954. The van der Waals surface area contributed by atoms with Crippen LogP contribution in [0.5, 0.6) is 0 Å². The van der Waals surface area contributed by atoms with Crippen molar-refractivity contribution < 1.29 is 4.79 Å². The first-order valence-electron chi connectivity index (χ1n) is 7.68. The third-order valence-electron chi connectivity index (χ3n) is 3.50. The third-order valence-corrected chi connectivity index (χ3v) is 3.50. The Bertz CT molecular complexity index is 660. The second kappa shape index (κ2) is 6.87. The molecule has 1 N–H and O–H groups in total. The van der Waals surface area contributed by atoms with Crippen LogP contribution in [0, 0.1) is 6.92 Å². The molecule has 1 amide bonds. The minimum Gasteiger partial charge on any atom is -0.352 e. The summed E-state index contributed by atoms with van der Waals surface area (Å²) >= 11 is 0. The standard InChI is InChI=1S/C16H25N5O/c1-11(2)21-15-14(10-18-21)13(9-12(3)19-15)16(22)17-7-6-8-20(4)5/h9-11H,6-8H2,1-5H3,(H,17,22). The first-order chi connectivity index (χ1) is 10.4. The summed E-state index contributed by atoms with van der Waals surface area (Å²) in [5.74, 6) is -0.0578. The van der Waals surface area contributed by atoms with Crippen molar-refractivity contribution in [2.75, 3.05) is 27.2 Å². The summed E-state index contributed by atoms with van der Waals surface area (Å²) in [5, 5.41) is 8.16. The molecule has 0 saturated heterocycles. The summed E-state index contributed by atoms with van der Waals surface area (Å²) in [4.78, 5) is 19.1. The van der Waals surface area contributed by atoms with E-state index in [1.54, 1.807) is 6.20 Å². The van der Waals surface area contributed by atoms with E-state index in [2.05, 4.69) is 34.1 Å². The molecular formula is C16H25N5O. The largest absolute Gasteiger partial charge is 0.352 e. The maximum atomic E-state index is 12.4. The lowest BCUT2D eigenvalue weighted by atomic mass is 10.1. The van der Waals surface area contributed by atoms with Gasteiger partial charge in [0.2, 0.25) is 0 Å². The van der Waals surface area contributed by atoms with Crippen LogP contribution in [0.15, 0.2) is 12.3 Å². The van der Waals surface area contributed by atoms with E-state index in [9.17, 15) is 4.79 Å². The molecule has 0 atom stereocenters. The Morgan fingerprint density at radius 3 is 2.77 bits per heavy atom. The average Bonchev–Trinajstić information content (AvgIpc) is 2.85. The summed E-state index contributed by atoms with van der Waals surface area (Å²) in [6.45, 7) is 7.63. The van der Waals surface area contributed by atoms with Gasteiger partial charge in [-0.2, -0.15) is 5.10 Å². The number of carbonyl (C=O) groups is 1. The molecule has 0 radical (unpaired) electrons. The molecule has 0 saturated carbocycles.